The van der Waals surface area contributed by atoms with Crippen LogP contribution in [0.5, 0.6) is 0 Å². The Hall–Kier alpha value is 0.0600. The number of hydrogen-bond donors (Lipinski definition) is 0. The van der Waals surface area contributed by atoms with Crippen LogP contribution in [0.15, 0.2) is 36.0 Å². The van der Waals surface area contributed by atoms with Gasteiger partial charge >= 0.3 is 41.9 Å². The quantitative estimate of drug-likeness (QED) is 0.263. The van der Waals surface area contributed by atoms with E-state index in [-0.39, 0.29) is 5.43 Å². The Morgan fingerprint density at radius 2 is 1.73 bits per heavy atom. The van der Waals surface area contributed by atoms with Crippen molar-refractivity contribution in [1.29, 1.82) is 0 Å². The topological polar surface area (TPSA) is 0 Å². The first-order valence-electron chi connectivity index (χ1n) is 8.66. The van der Waals surface area contributed by atoms with Crippen LogP contribution in [-0.4, -0.2) is 5.43 Å². The molecule has 0 aromatic rings. The van der Waals surface area contributed by atoms with Crippen molar-refractivity contribution in [1.82, 2.24) is 0 Å². The van der Waals surface area contributed by atoms with Crippen LogP contribution in [0, 0.1) is 12.2 Å². The van der Waals surface area contributed by atoms with Crippen molar-refractivity contribution >= 4 is 5.43 Å². The van der Waals surface area contributed by atoms with Crippen molar-refractivity contribution in [2.24, 2.45) is 0 Å². The third kappa shape index (κ3) is 18.1. The first-order chi connectivity index (χ1) is 10.7. The molecule has 2 aliphatic rings. The van der Waals surface area contributed by atoms with Gasteiger partial charge in [0.2, 0.25) is 0 Å². The molecule has 0 bridgehead atoms. The molecule has 0 N–H and O–H groups in total. The summed E-state index contributed by atoms with van der Waals surface area (Å²) in [7, 11) is 0. The first-order valence-corrected chi connectivity index (χ1v) is 14.8. The van der Waals surface area contributed by atoms with Crippen molar-refractivity contribution in [3.8, 4) is 0 Å². The minimum atomic E-state index is 0.210. The van der Waals surface area contributed by atoms with E-state index in [1.54, 1.807) is 23.3 Å². The molecule has 0 unspecified atom stereocenters. The summed E-state index contributed by atoms with van der Waals surface area (Å²) in [4.78, 5) is 0. The predicted octanol–water partition coefficient (Wildman–Crippen LogP) is 6.52. The molecule has 22 heavy (non-hydrogen) atoms. The molecule has 0 atom stereocenters. The van der Waals surface area contributed by atoms with Gasteiger partial charge < -0.3 is 0 Å². The molecule has 0 spiro atoms. The second-order valence-corrected chi connectivity index (χ2v) is 15.2. The molecule has 2 aliphatic carbocycles. The summed E-state index contributed by atoms with van der Waals surface area (Å²) < 4.78 is 0. The van der Waals surface area contributed by atoms with E-state index in [0.717, 1.165) is 12.8 Å². The van der Waals surface area contributed by atoms with Crippen LogP contribution in [-0.2, 0) is 23.3 Å². The molecule has 2 heteroatoms. The fourth-order valence-corrected chi connectivity index (χ4v) is 2.06. The van der Waals surface area contributed by atoms with Crippen LogP contribution in [0.25, 0.3) is 0 Å². The molecule has 0 aromatic carbocycles. The molecule has 0 amide bonds. The first kappa shape index (κ1) is 22.1. The number of unbranched alkanes of at least 4 members (excludes halogenated alkanes) is 5. The maximum Gasteiger partial charge on any atom is -0.109 e. The summed E-state index contributed by atoms with van der Waals surface area (Å²) in [5.41, 5.74) is 1.72. The number of allylic oxidation sites excluding steroid dienone is 8. The summed E-state index contributed by atoms with van der Waals surface area (Å²) >= 11 is 1.74. The van der Waals surface area contributed by atoms with Crippen molar-refractivity contribution < 1.29 is 23.3 Å². The van der Waals surface area contributed by atoms with Crippen LogP contribution in [0.2, 0.25) is 13.1 Å². The molecule has 0 saturated carbocycles. The summed E-state index contributed by atoms with van der Waals surface area (Å²) in [5.74, 6) is 0. The van der Waals surface area contributed by atoms with Crippen molar-refractivity contribution in [3.05, 3.63) is 48.1 Å². The zero-order valence-electron chi connectivity index (χ0n) is 14.8. The van der Waals surface area contributed by atoms with Gasteiger partial charge in [-0.15, -0.1) is 12.8 Å². The monoisotopic (exact) mass is 390 g/mol. The average Bonchev–Trinajstić information content (AvgIpc) is 3.17. The maximum atomic E-state index is 3.22. The smallest absolute Gasteiger partial charge is 0.109 e. The van der Waals surface area contributed by atoms with Gasteiger partial charge in [0.1, 0.15) is 0 Å². The molecule has 0 radical (unpaired) electrons. The van der Waals surface area contributed by atoms with Crippen LogP contribution in [0.1, 0.15) is 64.7 Å². The molecule has 0 fully saturated rings. The summed E-state index contributed by atoms with van der Waals surface area (Å²) in [6.07, 6.45) is 28.4. The molecule has 0 aliphatic heterocycles. The van der Waals surface area contributed by atoms with E-state index in [9.17, 15) is 0 Å². The minimum absolute atomic E-state index is 0.210. The van der Waals surface area contributed by atoms with Crippen molar-refractivity contribution in [3.63, 3.8) is 0 Å². The molecule has 0 heterocycles. The second-order valence-electron chi connectivity index (χ2n) is 5.85. The van der Waals surface area contributed by atoms with Crippen LogP contribution in [0.4, 0.5) is 0 Å². The Morgan fingerprint density at radius 3 is 2.18 bits per heavy atom. The van der Waals surface area contributed by atoms with E-state index in [2.05, 4.69) is 50.4 Å². The Kier molecular flexibility index (Phi) is 17.5. The van der Waals surface area contributed by atoms with E-state index in [4.69, 9.17) is 0 Å². The van der Waals surface area contributed by atoms with Gasteiger partial charge in [-0.2, -0.15) is 12.2 Å². The average molecular weight is 392 g/mol. The Balaban J connectivity index is 0.000000400. The zero-order valence-corrected chi connectivity index (χ0v) is 18.2. The van der Waals surface area contributed by atoms with Gasteiger partial charge in [0.05, 0.1) is 0 Å². The van der Waals surface area contributed by atoms with Crippen LogP contribution in [0.3, 0.4) is 0 Å². The predicted molar refractivity (Wildman–Crippen MR) is 97.6 cm³/mol. The number of rotatable bonds is 7. The van der Waals surface area contributed by atoms with Crippen molar-refractivity contribution in [2.75, 3.05) is 0 Å². The van der Waals surface area contributed by atoms with E-state index < -0.39 is 0 Å². The van der Waals surface area contributed by atoms with E-state index in [1.807, 2.05) is 12.2 Å². The summed E-state index contributed by atoms with van der Waals surface area (Å²) in [6, 6.07) is 0. The Bertz CT molecular complexity index is 375. The SMILES string of the molecule is CCCCCCCCC1=CC[C-]=C1.C[Si](C)=[Zr+2].[C-]1=CC=CC1. The van der Waals surface area contributed by atoms with Crippen molar-refractivity contribution in [2.45, 2.75) is 77.8 Å². The molecular weight excluding hydrogens is 360 g/mol. The molecule has 0 saturated heterocycles. The van der Waals surface area contributed by atoms with E-state index in [0.29, 0.717) is 0 Å². The van der Waals surface area contributed by atoms with Gasteiger partial charge in [-0.3, -0.25) is 12.2 Å². The van der Waals surface area contributed by atoms with Gasteiger partial charge in [0.15, 0.2) is 0 Å². The molecule has 0 aromatic heterocycles. The van der Waals surface area contributed by atoms with E-state index in [1.165, 1.54) is 50.5 Å². The fraction of sp³-hybridized carbons (Fsp3) is 0.600. The van der Waals surface area contributed by atoms with Gasteiger partial charge in [0.25, 0.3) is 0 Å². The number of hydrogen-bond acceptors (Lipinski definition) is 0. The molecule has 120 valence electrons. The zero-order chi connectivity index (χ0) is 16.5. The van der Waals surface area contributed by atoms with Gasteiger partial charge in [-0.25, -0.2) is 23.8 Å². The Morgan fingerprint density at radius 1 is 1.05 bits per heavy atom. The van der Waals surface area contributed by atoms with Gasteiger partial charge in [-0.05, 0) is 0 Å². The van der Waals surface area contributed by atoms with Crippen LogP contribution < -0.4 is 0 Å². The normalized spacial score (nSPS) is 14.1. The van der Waals surface area contributed by atoms with Gasteiger partial charge in [0, 0.05) is 0 Å². The molecular formula is C20H32SiZr. The minimum Gasteiger partial charge on any atom is -0.273 e. The van der Waals surface area contributed by atoms with E-state index >= 15 is 0 Å². The fourth-order valence-electron chi connectivity index (χ4n) is 2.06. The van der Waals surface area contributed by atoms with Crippen LogP contribution >= 0.6 is 0 Å². The molecule has 2 rings (SSSR count). The standard InChI is InChI=1S/C13H21.C5H5.C2H6Si.Zr/c1-2-3-4-5-6-7-10-13-11-8-9-12-13;1-2-4-5-3-1;1-3-2;/h11-12H,2-8,10H2,1H3;1-3H,4H2;1-2H3;/q2*-1;;+2. The van der Waals surface area contributed by atoms with Gasteiger partial charge in [-0.1, -0.05) is 51.9 Å². The summed E-state index contributed by atoms with van der Waals surface area (Å²) in [6.45, 7) is 6.88. The molecule has 0 nitrogen and oxygen atoms in total. The third-order valence-electron chi connectivity index (χ3n) is 3.17. The summed E-state index contributed by atoms with van der Waals surface area (Å²) in [5, 5.41) is 0. The third-order valence-corrected chi connectivity index (χ3v) is 3.17. The second kappa shape index (κ2) is 17.4. The maximum absolute atomic E-state index is 3.22. The Labute approximate surface area is 154 Å². The largest absolute Gasteiger partial charge is 0.273 e.